The van der Waals surface area contributed by atoms with E-state index in [-0.39, 0.29) is 29.1 Å². The number of H-pyrrole nitrogens is 1. The molecule has 2 atom stereocenters. The van der Waals surface area contributed by atoms with Crippen molar-refractivity contribution in [2.75, 3.05) is 26.3 Å². The van der Waals surface area contributed by atoms with Crippen molar-refractivity contribution in [3.63, 3.8) is 0 Å². The lowest BCUT2D eigenvalue weighted by Gasteiger charge is -2.38. The number of halogens is 1. The van der Waals surface area contributed by atoms with Crippen LogP contribution >= 0.6 is 0 Å². The van der Waals surface area contributed by atoms with Crippen LogP contribution in [0.1, 0.15) is 33.2 Å². The minimum atomic E-state index is -0.533. The summed E-state index contributed by atoms with van der Waals surface area (Å²) in [7, 11) is 0. The zero-order chi connectivity index (χ0) is 24.6. The lowest BCUT2D eigenvalue weighted by molar-refractivity contribution is 0.0551. The van der Waals surface area contributed by atoms with Gasteiger partial charge in [0, 0.05) is 44.2 Å². The van der Waals surface area contributed by atoms with Gasteiger partial charge >= 0.3 is 0 Å². The van der Waals surface area contributed by atoms with Crippen LogP contribution < -0.4 is 10.9 Å². The highest BCUT2D eigenvalue weighted by molar-refractivity contribution is 5.95. The lowest BCUT2D eigenvalue weighted by atomic mass is 9.97. The molecule has 2 N–H and O–H groups in total. The van der Waals surface area contributed by atoms with E-state index in [0.29, 0.717) is 30.6 Å². The van der Waals surface area contributed by atoms with Crippen LogP contribution in [0.2, 0.25) is 0 Å². The minimum Gasteiger partial charge on any atom is -0.336 e. The predicted molar refractivity (Wildman–Crippen MR) is 135 cm³/mol. The minimum absolute atomic E-state index is 0.0666. The molecule has 3 heterocycles. The van der Waals surface area contributed by atoms with Gasteiger partial charge in [-0.1, -0.05) is 54.6 Å². The fourth-order valence-electron chi connectivity index (χ4n) is 5.41. The standard InChI is InChI=1S/C28H26FN5O2/c29-23-11-10-18(15-24-20-8-4-5-9-21(20)27(35)32-31-24)14-22(23)28(36)33-12-13-34-17-30-26(25(34)16-33)19-6-2-1-3-7-19/h1-11,14,25-26,30H,12-13,15-17H2,(H,32,35). The predicted octanol–water partition coefficient (Wildman–Crippen LogP) is 3.08. The molecule has 0 spiro atoms. The SMILES string of the molecule is O=C(c1cc(Cc2n[nH]c(=O)c3ccccc23)ccc1F)N1CCN2CNC(c3ccccc3)C2C1. The van der Waals surface area contributed by atoms with Crippen LogP contribution in [-0.2, 0) is 6.42 Å². The summed E-state index contributed by atoms with van der Waals surface area (Å²) in [6, 6.07) is 22.4. The third-order valence-electron chi connectivity index (χ3n) is 7.29. The van der Waals surface area contributed by atoms with Crippen LogP contribution in [0.4, 0.5) is 4.39 Å². The summed E-state index contributed by atoms with van der Waals surface area (Å²) in [5.41, 5.74) is 2.43. The van der Waals surface area contributed by atoms with Gasteiger partial charge in [-0.3, -0.25) is 19.8 Å². The molecule has 2 unspecified atom stereocenters. The van der Waals surface area contributed by atoms with E-state index in [1.807, 2.05) is 30.3 Å². The maximum atomic E-state index is 14.9. The quantitative estimate of drug-likeness (QED) is 0.466. The molecule has 7 nitrogen and oxygen atoms in total. The molecular weight excluding hydrogens is 457 g/mol. The van der Waals surface area contributed by atoms with E-state index >= 15 is 0 Å². The van der Waals surface area contributed by atoms with Crippen molar-refractivity contribution in [2.24, 2.45) is 0 Å². The third-order valence-corrected chi connectivity index (χ3v) is 7.29. The molecule has 0 saturated carbocycles. The van der Waals surface area contributed by atoms with E-state index in [0.717, 1.165) is 24.2 Å². The number of aromatic amines is 1. The van der Waals surface area contributed by atoms with Crippen molar-refractivity contribution >= 4 is 16.7 Å². The second-order valence-corrected chi connectivity index (χ2v) is 9.42. The van der Waals surface area contributed by atoms with Gasteiger partial charge in [0.2, 0.25) is 0 Å². The number of nitrogens with one attached hydrogen (secondary N) is 2. The molecule has 0 bridgehead atoms. The Bertz CT molecular complexity index is 1490. The second-order valence-electron chi connectivity index (χ2n) is 9.42. The number of aromatic nitrogens is 2. The van der Waals surface area contributed by atoms with Gasteiger partial charge in [0.15, 0.2) is 0 Å². The summed E-state index contributed by atoms with van der Waals surface area (Å²) in [4.78, 5) is 29.7. The normalized spacial score (nSPS) is 20.0. The van der Waals surface area contributed by atoms with E-state index in [1.54, 1.807) is 29.2 Å². The molecule has 4 aromatic rings. The van der Waals surface area contributed by atoms with Gasteiger partial charge in [-0.25, -0.2) is 9.49 Å². The van der Waals surface area contributed by atoms with E-state index < -0.39 is 5.82 Å². The highest BCUT2D eigenvalue weighted by Gasteiger charge is 2.40. The molecule has 8 heteroatoms. The number of nitrogens with zero attached hydrogens (tertiary/aromatic N) is 3. The molecule has 2 saturated heterocycles. The number of hydrogen-bond acceptors (Lipinski definition) is 5. The largest absolute Gasteiger partial charge is 0.336 e. The summed E-state index contributed by atoms with van der Waals surface area (Å²) < 4.78 is 14.9. The van der Waals surface area contributed by atoms with Crippen molar-refractivity contribution < 1.29 is 9.18 Å². The first-order valence-corrected chi connectivity index (χ1v) is 12.1. The molecule has 1 amide bonds. The highest BCUT2D eigenvalue weighted by Crippen LogP contribution is 2.29. The lowest BCUT2D eigenvalue weighted by Crippen LogP contribution is -2.53. The van der Waals surface area contributed by atoms with E-state index in [1.165, 1.54) is 11.6 Å². The van der Waals surface area contributed by atoms with E-state index in [2.05, 4.69) is 32.5 Å². The molecule has 2 fully saturated rings. The molecule has 0 radical (unpaired) electrons. The maximum Gasteiger partial charge on any atom is 0.272 e. The first kappa shape index (κ1) is 22.6. The summed E-state index contributed by atoms with van der Waals surface area (Å²) >= 11 is 0. The average molecular weight is 484 g/mol. The van der Waals surface area contributed by atoms with Gasteiger partial charge in [0.25, 0.3) is 11.5 Å². The molecule has 3 aromatic carbocycles. The fraction of sp³-hybridized carbons (Fsp3) is 0.250. The van der Waals surface area contributed by atoms with Crippen LogP contribution in [0, 0.1) is 5.82 Å². The molecule has 0 aliphatic carbocycles. The van der Waals surface area contributed by atoms with E-state index in [4.69, 9.17) is 0 Å². The Morgan fingerprint density at radius 3 is 2.61 bits per heavy atom. The number of fused-ring (bicyclic) bond motifs is 2. The Labute approximate surface area is 207 Å². The number of benzene rings is 3. The molecule has 1 aromatic heterocycles. The molecule has 2 aliphatic heterocycles. The smallest absolute Gasteiger partial charge is 0.272 e. The van der Waals surface area contributed by atoms with E-state index in [9.17, 15) is 14.0 Å². The van der Waals surface area contributed by atoms with Crippen LogP contribution in [-0.4, -0.2) is 58.2 Å². The highest BCUT2D eigenvalue weighted by atomic mass is 19.1. The van der Waals surface area contributed by atoms with Crippen molar-refractivity contribution in [3.8, 4) is 0 Å². The van der Waals surface area contributed by atoms with Crippen molar-refractivity contribution in [1.82, 2.24) is 25.3 Å². The van der Waals surface area contributed by atoms with Gasteiger partial charge in [-0.05, 0) is 29.3 Å². The zero-order valence-corrected chi connectivity index (χ0v) is 19.7. The Morgan fingerprint density at radius 2 is 1.78 bits per heavy atom. The maximum absolute atomic E-state index is 14.9. The number of amides is 1. The monoisotopic (exact) mass is 483 g/mol. The molecule has 182 valence electrons. The average Bonchev–Trinajstić information content (AvgIpc) is 3.35. The fourth-order valence-corrected chi connectivity index (χ4v) is 5.41. The van der Waals surface area contributed by atoms with Crippen LogP contribution in [0.25, 0.3) is 10.8 Å². The van der Waals surface area contributed by atoms with Crippen LogP contribution in [0.15, 0.2) is 77.6 Å². The van der Waals surface area contributed by atoms with Crippen molar-refractivity contribution in [2.45, 2.75) is 18.5 Å². The Morgan fingerprint density at radius 1 is 1.00 bits per heavy atom. The Kier molecular flexibility index (Phi) is 5.83. The summed E-state index contributed by atoms with van der Waals surface area (Å²) in [6.45, 7) is 2.59. The van der Waals surface area contributed by atoms with Crippen LogP contribution in [0.3, 0.4) is 0 Å². The van der Waals surface area contributed by atoms with Crippen LogP contribution in [0.5, 0.6) is 0 Å². The first-order valence-electron chi connectivity index (χ1n) is 12.1. The summed E-state index contributed by atoms with van der Waals surface area (Å²) in [5.74, 6) is -0.832. The molecule has 36 heavy (non-hydrogen) atoms. The number of carbonyl (C=O) groups is 1. The summed E-state index contributed by atoms with van der Waals surface area (Å²) in [5, 5.41) is 11.6. The Balaban J connectivity index is 1.25. The molecule has 2 aliphatic rings. The van der Waals surface area contributed by atoms with Crippen molar-refractivity contribution in [3.05, 3.63) is 111 Å². The number of carbonyl (C=O) groups excluding carboxylic acids is 1. The van der Waals surface area contributed by atoms with Gasteiger partial charge in [0.1, 0.15) is 5.82 Å². The summed E-state index contributed by atoms with van der Waals surface area (Å²) in [6.07, 6.45) is 0.369. The van der Waals surface area contributed by atoms with Gasteiger partial charge in [-0.2, -0.15) is 5.10 Å². The second kappa shape index (κ2) is 9.29. The van der Waals surface area contributed by atoms with Gasteiger partial charge in [0.05, 0.1) is 22.7 Å². The molecule has 6 rings (SSSR count). The number of hydrogen-bond donors (Lipinski definition) is 2. The molecular formula is C28H26FN5O2. The van der Waals surface area contributed by atoms with Crippen molar-refractivity contribution in [1.29, 1.82) is 0 Å². The van der Waals surface area contributed by atoms with Gasteiger partial charge < -0.3 is 4.90 Å². The Hall–Kier alpha value is -3.88. The van der Waals surface area contributed by atoms with Gasteiger partial charge in [-0.15, -0.1) is 0 Å². The third kappa shape index (κ3) is 4.08. The zero-order valence-electron chi connectivity index (χ0n) is 19.7. The number of piperazine rings is 1. The number of rotatable bonds is 4. The topological polar surface area (TPSA) is 81.3 Å². The first-order chi connectivity index (χ1) is 17.6.